The summed E-state index contributed by atoms with van der Waals surface area (Å²) >= 11 is 0. The zero-order valence-electron chi connectivity index (χ0n) is 39.8. The van der Waals surface area contributed by atoms with Gasteiger partial charge in [0.25, 0.3) is 0 Å². The molecular formula is C59H84. The minimum absolute atomic E-state index is 0.467. The maximum absolute atomic E-state index is 3.78. The number of aryl methyl sites for hydroxylation is 3. The Morgan fingerprint density at radius 2 is 0.746 bits per heavy atom. The summed E-state index contributed by atoms with van der Waals surface area (Å²) in [4.78, 5) is 0. The Kier molecular flexibility index (Phi) is 43.0. The number of hydrogen-bond donors (Lipinski definition) is 0. The Labute approximate surface area is 366 Å². The average molecular weight is 793 g/mol. The van der Waals surface area contributed by atoms with Gasteiger partial charge in [0.05, 0.1) is 0 Å². The average Bonchev–Trinajstić information content (AvgIpc) is 3.32. The van der Waals surface area contributed by atoms with Crippen molar-refractivity contribution >= 4 is 6.08 Å². The van der Waals surface area contributed by atoms with Gasteiger partial charge in [-0.3, -0.25) is 0 Å². The number of rotatable bonds is 9. The van der Waals surface area contributed by atoms with Crippen molar-refractivity contribution < 1.29 is 0 Å². The topological polar surface area (TPSA) is 0 Å². The summed E-state index contributed by atoms with van der Waals surface area (Å²) in [6, 6.07) is 45.9. The fraction of sp³-hybridized carbons (Fsp3) is 0.288. The summed E-state index contributed by atoms with van der Waals surface area (Å²) in [5.41, 5.74) is 10.5. The van der Waals surface area contributed by atoms with Gasteiger partial charge in [0.15, 0.2) is 0 Å². The summed E-state index contributed by atoms with van der Waals surface area (Å²) in [7, 11) is 0. The highest BCUT2D eigenvalue weighted by Gasteiger charge is 2.02. The lowest BCUT2D eigenvalue weighted by Gasteiger charge is -2.08. The third-order valence-electron chi connectivity index (χ3n) is 8.62. The van der Waals surface area contributed by atoms with Crippen molar-refractivity contribution in [2.75, 3.05) is 0 Å². The summed E-state index contributed by atoms with van der Waals surface area (Å²) in [5.74, 6) is 1.88. The van der Waals surface area contributed by atoms with E-state index in [0.717, 1.165) is 0 Å². The zero-order chi connectivity index (χ0) is 46.0. The van der Waals surface area contributed by atoms with Crippen molar-refractivity contribution in [1.29, 1.82) is 0 Å². The van der Waals surface area contributed by atoms with E-state index in [-0.39, 0.29) is 0 Å². The van der Waals surface area contributed by atoms with Crippen LogP contribution in [0, 0.1) is 20.8 Å². The molecule has 0 N–H and O–H groups in total. The molecule has 0 fully saturated rings. The minimum atomic E-state index is 0.467. The molecule has 4 unspecified atom stereocenters. The van der Waals surface area contributed by atoms with E-state index in [4.69, 9.17) is 0 Å². The van der Waals surface area contributed by atoms with E-state index in [1.54, 1.807) is 0 Å². The number of benzene rings is 5. The van der Waals surface area contributed by atoms with Crippen molar-refractivity contribution in [1.82, 2.24) is 0 Å². The van der Waals surface area contributed by atoms with Crippen LogP contribution in [0.15, 0.2) is 204 Å². The SMILES string of the molecule is C=C.C=CC(C)c1ccc(C)cc1.C=CC(C)c1cccc(C)c1.C=CC(C)c1ccccc1.C=CC(C)c1ccccc1C.C=Cc1ccccc1.CC.CC.CC. The Morgan fingerprint density at radius 1 is 0.373 bits per heavy atom. The predicted octanol–water partition coefficient (Wildman–Crippen LogP) is 19.0. The molecule has 5 rings (SSSR count). The third kappa shape index (κ3) is 29.4. The molecule has 0 heteroatoms. The molecule has 0 radical (unpaired) electrons. The Morgan fingerprint density at radius 3 is 1.14 bits per heavy atom. The molecule has 0 aliphatic carbocycles. The number of allylic oxidation sites excluding steroid dienone is 4. The van der Waals surface area contributed by atoms with Gasteiger partial charge in [-0.25, -0.2) is 0 Å². The van der Waals surface area contributed by atoms with E-state index in [1.807, 2.05) is 108 Å². The number of hydrogen-bond acceptors (Lipinski definition) is 0. The molecule has 0 bridgehead atoms. The zero-order valence-corrected chi connectivity index (χ0v) is 39.8. The van der Waals surface area contributed by atoms with E-state index >= 15 is 0 Å². The van der Waals surface area contributed by atoms with Crippen molar-refractivity contribution in [3.05, 3.63) is 248 Å². The van der Waals surface area contributed by atoms with E-state index in [0.29, 0.717) is 23.7 Å². The molecule has 0 heterocycles. The van der Waals surface area contributed by atoms with Crippen LogP contribution < -0.4 is 0 Å². The van der Waals surface area contributed by atoms with Gasteiger partial charge in [-0.1, -0.05) is 251 Å². The lowest BCUT2D eigenvalue weighted by atomic mass is 9.97. The van der Waals surface area contributed by atoms with Gasteiger partial charge in [-0.15, -0.1) is 39.5 Å². The van der Waals surface area contributed by atoms with Gasteiger partial charge in [0.1, 0.15) is 0 Å². The molecule has 0 aliphatic rings. The van der Waals surface area contributed by atoms with E-state index < -0.39 is 0 Å². The quantitative estimate of drug-likeness (QED) is 0.130. The fourth-order valence-corrected chi connectivity index (χ4v) is 4.80. The minimum Gasteiger partial charge on any atom is -0.106 e. The lowest BCUT2D eigenvalue weighted by molar-refractivity contribution is 0.956. The van der Waals surface area contributed by atoms with E-state index in [1.165, 1.54) is 44.5 Å². The Hall–Kier alpha value is -5.46. The van der Waals surface area contributed by atoms with Crippen LogP contribution in [0.4, 0.5) is 0 Å². The van der Waals surface area contributed by atoms with Crippen molar-refractivity contribution in [3.63, 3.8) is 0 Å². The standard InChI is InChI=1S/3C11H14.C10H12.C8H8.3C2H6.C2H4/c1-4-10(3)11-7-5-9(2)6-8-11;1-4-10(3)11-7-5-6-9(2)8-11;1-4-9(2)11-8-6-5-7-10(11)3;1-3-9(2)10-7-5-4-6-8-10;1-2-8-6-4-3-5-7-8;4*1-2/h2*4-8,10H,1H2,2-3H3;4-9H,1H2,2-3H3;3-9H,1H2,2H3;2-7H,1H2;3*1-2H3;1-2H2. The van der Waals surface area contributed by atoms with E-state index in [2.05, 4.69) is 192 Å². The second-order valence-corrected chi connectivity index (χ2v) is 12.8. The second kappa shape index (κ2) is 42.2. The van der Waals surface area contributed by atoms with Crippen LogP contribution in [0.1, 0.15) is 137 Å². The molecule has 4 atom stereocenters. The molecule has 5 aromatic carbocycles. The highest BCUT2D eigenvalue weighted by molar-refractivity contribution is 5.45. The van der Waals surface area contributed by atoms with Crippen molar-refractivity contribution in [3.8, 4) is 0 Å². The van der Waals surface area contributed by atoms with Crippen LogP contribution in [0.3, 0.4) is 0 Å². The fourth-order valence-electron chi connectivity index (χ4n) is 4.80. The van der Waals surface area contributed by atoms with Crippen molar-refractivity contribution in [2.45, 2.75) is 114 Å². The first-order valence-corrected chi connectivity index (χ1v) is 21.4. The molecule has 0 amide bonds. The first-order valence-electron chi connectivity index (χ1n) is 21.4. The molecule has 0 saturated carbocycles. The van der Waals surface area contributed by atoms with Crippen LogP contribution in [-0.2, 0) is 0 Å². The second-order valence-electron chi connectivity index (χ2n) is 12.8. The molecular weight excluding hydrogens is 709 g/mol. The first kappa shape index (κ1) is 60.2. The highest BCUT2D eigenvalue weighted by Crippen LogP contribution is 2.20. The molecule has 320 valence electrons. The van der Waals surface area contributed by atoms with Gasteiger partial charge in [-0.2, -0.15) is 0 Å². The summed E-state index contributed by atoms with van der Waals surface area (Å²) in [6.45, 7) is 51.6. The van der Waals surface area contributed by atoms with Crippen LogP contribution in [0.5, 0.6) is 0 Å². The molecule has 59 heavy (non-hydrogen) atoms. The summed E-state index contributed by atoms with van der Waals surface area (Å²) in [5, 5.41) is 0. The maximum Gasteiger partial charge on any atom is -0.00105 e. The molecule has 0 saturated heterocycles. The molecule has 0 aliphatic heterocycles. The van der Waals surface area contributed by atoms with Gasteiger partial charge in [0, 0.05) is 0 Å². The molecule has 0 spiro atoms. The largest absolute Gasteiger partial charge is 0.106 e. The Bertz CT molecular complexity index is 1710. The van der Waals surface area contributed by atoms with Gasteiger partial charge < -0.3 is 0 Å². The smallest absolute Gasteiger partial charge is 0.00105 e. The van der Waals surface area contributed by atoms with Crippen LogP contribution in [0.25, 0.3) is 6.08 Å². The Balaban J connectivity index is -0.000000308. The normalized spacial score (nSPS) is 10.7. The summed E-state index contributed by atoms with van der Waals surface area (Å²) < 4.78 is 0. The molecule has 0 nitrogen and oxygen atoms in total. The molecule has 5 aromatic rings. The predicted molar refractivity (Wildman–Crippen MR) is 276 cm³/mol. The van der Waals surface area contributed by atoms with Gasteiger partial charge in [0.2, 0.25) is 0 Å². The van der Waals surface area contributed by atoms with Crippen LogP contribution >= 0.6 is 0 Å². The lowest BCUT2D eigenvalue weighted by Crippen LogP contribution is -1.91. The first-order chi connectivity index (χ1) is 28.5. The highest BCUT2D eigenvalue weighted by atomic mass is 14.1. The van der Waals surface area contributed by atoms with E-state index in [9.17, 15) is 0 Å². The van der Waals surface area contributed by atoms with Crippen LogP contribution in [-0.4, -0.2) is 0 Å². The third-order valence-corrected chi connectivity index (χ3v) is 8.62. The summed E-state index contributed by atoms with van der Waals surface area (Å²) in [6.07, 6.45) is 9.69. The van der Waals surface area contributed by atoms with Gasteiger partial charge >= 0.3 is 0 Å². The van der Waals surface area contributed by atoms with Crippen molar-refractivity contribution in [2.24, 2.45) is 0 Å². The van der Waals surface area contributed by atoms with Crippen LogP contribution in [0.2, 0.25) is 0 Å². The molecule has 0 aromatic heterocycles. The van der Waals surface area contributed by atoms with Gasteiger partial charge in [-0.05, 0) is 77.8 Å². The monoisotopic (exact) mass is 793 g/mol. The maximum atomic E-state index is 3.78.